The van der Waals surface area contributed by atoms with Crippen LogP contribution in [0.25, 0.3) is 0 Å². The summed E-state index contributed by atoms with van der Waals surface area (Å²) in [6.07, 6.45) is 0.0229. The standard InChI is InChI=1S/C61H103NO12/c1-24-26-46-39(11)37(9)36(8)38(10)40(12)53(69-21)54-51(68-20)31-45(25-2)61(71-23,74-54)55(65)56(66)62-43(15)58(16,17)35(7)29-48(62)57(67)72-52(41(13)49(63)32-50(46)64)47(33(3)4)30-44-27-28-59(18,70-22)60(19,42(44)14)73-34(5)6/h24,30,33-36,38,40-46,48-49,51-54,63H,1,25-29,31-32H2,2-23H3/b39-37?,47-30+/t35?,36?,38-,40?,41+,42?,43?,44-,45+,46+,48-,49-,51-,52-,53-,54-,59+,60+,61+/m0/s1/i20D3. The van der Waals surface area contributed by atoms with Crippen LogP contribution in [-0.2, 0) is 52.3 Å². The SMILES string of the molecule is [2H]C([2H])([2H])O[C@H]1C[C@@H](CC)[C@@]2(OC)O[C@@H]1[C@@H](OC)C(C)[C@@H](C)C(C)C(C)=C(C)[C@@H](CC=C)C(=O)C[C@H](O)[C@@H](C)[C@@H](/C(=C/[C@@H]1CC[C@@](C)(OC)[C@](C)(OC(C)C)C1C)C(C)C)OC(=O)[C@@H]1CC(C)C(C)(C)C(C)N1C(=O)C2=O. The smallest absolute Gasteiger partial charge is 0.329 e. The molecule has 1 amide bonds. The molecule has 3 fully saturated rings. The maximum Gasteiger partial charge on any atom is 0.329 e. The molecule has 3 heterocycles. The molecule has 4 rings (SSSR count). The van der Waals surface area contributed by atoms with E-state index in [1.54, 1.807) is 13.2 Å². The molecule has 0 aromatic carbocycles. The number of hydrogen-bond acceptors (Lipinski definition) is 12. The van der Waals surface area contributed by atoms with Gasteiger partial charge in [-0.15, -0.1) is 6.58 Å². The number of aliphatic hydroxyl groups excluding tert-OH is 1. The number of ether oxygens (including phenoxy) is 7. The summed E-state index contributed by atoms with van der Waals surface area (Å²) in [6, 6.07) is -1.98. The number of carbonyl (C=O) groups excluding carboxylic acids is 4. The highest BCUT2D eigenvalue weighted by molar-refractivity contribution is 6.39. The quantitative estimate of drug-likeness (QED) is 0.112. The Labute approximate surface area is 452 Å². The lowest BCUT2D eigenvalue weighted by Gasteiger charge is -2.55. The maximum atomic E-state index is 15.7. The van der Waals surface area contributed by atoms with Crippen LogP contribution in [0.3, 0.4) is 0 Å². The van der Waals surface area contributed by atoms with E-state index in [0.717, 1.165) is 23.1 Å². The molecule has 2 saturated heterocycles. The molecule has 3 aliphatic heterocycles. The van der Waals surface area contributed by atoms with Crippen molar-refractivity contribution < 1.29 is 61.6 Å². The van der Waals surface area contributed by atoms with E-state index < -0.39 is 113 Å². The molecule has 0 spiro atoms. The van der Waals surface area contributed by atoms with Crippen LogP contribution in [0.4, 0.5) is 0 Å². The number of methoxy groups -OCH3 is 4. The van der Waals surface area contributed by atoms with Crippen molar-refractivity contribution in [2.24, 2.45) is 64.6 Å². The largest absolute Gasteiger partial charge is 0.456 e. The van der Waals surface area contributed by atoms with Crippen molar-refractivity contribution in [3.05, 3.63) is 35.5 Å². The van der Waals surface area contributed by atoms with Crippen LogP contribution in [0.2, 0.25) is 0 Å². The lowest BCUT2D eigenvalue weighted by atomic mass is 9.62. The second-order valence-corrected chi connectivity index (χ2v) is 24.8. The van der Waals surface area contributed by atoms with Crippen LogP contribution in [0.15, 0.2) is 35.5 Å². The fourth-order valence-electron chi connectivity index (χ4n) is 13.4. The van der Waals surface area contributed by atoms with E-state index in [2.05, 4.69) is 47.3 Å². The Balaban J connectivity index is 2.08. The molecule has 5 unspecified atom stereocenters. The number of aliphatic hydroxyl groups is 1. The number of allylic oxidation sites excluding steroid dienone is 4. The number of rotatable bonds is 12. The molecule has 0 aromatic rings. The van der Waals surface area contributed by atoms with Gasteiger partial charge in [0.25, 0.3) is 11.7 Å². The van der Waals surface area contributed by atoms with Gasteiger partial charge in [0.1, 0.15) is 24.0 Å². The predicted octanol–water partition coefficient (Wildman–Crippen LogP) is 10.9. The number of cyclic esters (lactones) is 1. The number of hydrogen-bond donors (Lipinski definition) is 1. The highest BCUT2D eigenvalue weighted by atomic mass is 16.7. The maximum absolute atomic E-state index is 15.7. The first-order valence-corrected chi connectivity index (χ1v) is 28.0. The molecule has 0 radical (unpaired) electrons. The third-order valence-electron chi connectivity index (χ3n) is 20.3. The number of ketones is 2. The zero-order chi connectivity index (χ0) is 58.8. The summed E-state index contributed by atoms with van der Waals surface area (Å²) in [4.78, 5) is 63.2. The number of carbonyl (C=O) groups is 4. The zero-order valence-corrected chi connectivity index (χ0v) is 49.6. The Bertz CT molecular complexity index is 2140. The average molecular weight is 1050 g/mol. The topological polar surface area (TPSA) is 156 Å². The van der Waals surface area contributed by atoms with Crippen LogP contribution < -0.4 is 0 Å². The Morgan fingerprint density at radius 3 is 2.07 bits per heavy atom. The van der Waals surface area contributed by atoms with Gasteiger partial charge < -0.3 is 43.2 Å². The predicted molar refractivity (Wildman–Crippen MR) is 291 cm³/mol. The summed E-state index contributed by atoms with van der Waals surface area (Å²) in [5, 5.41) is 12.5. The number of fused-ring (bicyclic) bond motifs is 3. The zero-order valence-electron chi connectivity index (χ0n) is 52.6. The third-order valence-corrected chi connectivity index (χ3v) is 20.3. The molecular weight excluding hydrogens is 939 g/mol. The Kier molecular flexibility index (Phi) is 20.2. The minimum absolute atomic E-state index is 0.0326. The van der Waals surface area contributed by atoms with Crippen LogP contribution >= 0.6 is 0 Å². The van der Waals surface area contributed by atoms with Gasteiger partial charge in [-0.3, -0.25) is 14.4 Å². The van der Waals surface area contributed by atoms with E-state index in [9.17, 15) is 9.90 Å². The van der Waals surface area contributed by atoms with Gasteiger partial charge in [-0.2, -0.15) is 0 Å². The van der Waals surface area contributed by atoms with Gasteiger partial charge in [-0.25, -0.2) is 4.79 Å². The van der Waals surface area contributed by atoms with E-state index in [0.29, 0.717) is 12.8 Å². The molecular formula is C61H103NO12. The molecule has 0 aromatic heterocycles. The van der Waals surface area contributed by atoms with E-state index in [-0.39, 0.29) is 73.1 Å². The Morgan fingerprint density at radius 2 is 1.54 bits per heavy atom. The van der Waals surface area contributed by atoms with Crippen LogP contribution in [0, 0.1) is 64.6 Å². The molecule has 1 N–H and O–H groups in total. The molecule has 4 aliphatic rings. The van der Waals surface area contributed by atoms with Gasteiger partial charge >= 0.3 is 5.97 Å². The molecule has 1 saturated carbocycles. The first-order valence-electron chi connectivity index (χ1n) is 29.5. The summed E-state index contributed by atoms with van der Waals surface area (Å²) in [5.41, 5.74) is 0.596. The van der Waals surface area contributed by atoms with Crippen molar-refractivity contribution in [3.63, 3.8) is 0 Å². The second-order valence-electron chi connectivity index (χ2n) is 24.8. The summed E-state index contributed by atoms with van der Waals surface area (Å²) in [6.45, 7) is 40.0. The fourth-order valence-corrected chi connectivity index (χ4v) is 13.4. The van der Waals surface area contributed by atoms with Crippen molar-refractivity contribution in [1.29, 1.82) is 0 Å². The monoisotopic (exact) mass is 1040 g/mol. The number of amides is 1. The molecule has 424 valence electrons. The van der Waals surface area contributed by atoms with Crippen molar-refractivity contribution in [3.8, 4) is 0 Å². The molecule has 1 aliphatic carbocycles. The molecule has 19 atom stereocenters. The summed E-state index contributed by atoms with van der Waals surface area (Å²) < 4.78 is 69.9. The van der Waals surface area contributed by atoms with Gasteiger partial charge in [0, 0.05) is 58.6 Å². The normalized spacial score (nSPS) is 42.5. The molecule has 2 bridgehead atoms. The van der Waals surface area contributed by atoms with E-state index >= 15 is 14.4 Å². The number of esters is 1. The Hall–Kier alpha value is -2.78. The highest BCUT2D eigenvalue weighted by Crippen LogP contribution is 2.51. The van der Waals surface area contributed by atoms with Crippen molar-refractivity contribution in [1.82, 2.24) is 4.90 Å². The summed E-state index contributed by atoms with van der Waals surface area (Å²) >= 11 is 0. The van der Waals surface area contributed by atoms with Crippen LogP contribution in [0.1, 0.15) is 174 Å². The van der Waals surface area contributed by atoms with Gasteiger partial charge in [-0.05, 0) is 139 Å². The Morgan fingerprint density at radius 1 is 0.905 bits per heavy atom. The summed E-state index contributed by atoms with van der Waals surface area (Å²) in [5.74, 6) is -8.88. The lowest BCUT2D eigenvalue weighted by molar-refractivity contribution is -0.317. The van der Waals surface area contributed by atoms with E-state index in [1.165, 1.54) is 19.1 Å². The van der Waals surface area contributed by atoms with Gasteiger partial charge in [0.2, 0.25) is 5.79 Å². The van der Waals surface area contributed by atoms with Crippen LogP contribution in [-0.4, -0.2) is 128 Å². The fraction of sp³-hybridized carbons (Fsp3) is 0.836. The van der Waals surface area contributed by atoms with E-state index in [1.807, 2.05) is 90.0 Å². The van der Waals surface area contributed by atoms with Crippen molar-refractivity contribution >= 4 is 23.4 Å². The molecule has 13 nitrogen and oxygen atoms in total. The average Bonchev–Trinajstić information content (AvgIpc) is 3.35. The van der Waals surface area contributed by atoms with Gasteiger partial charge in [-0.1, -0.05) is 99.5 Å². The highest BCUT2D eigenvalue weighted by Gasteiger charge is 2.62. The van der Waals surface area contributed by atoms with E-state index in [4.69, 9.17) is 37.3 Å². The summed E-state index contributed by atoms with van der Waals surface area (Å²) in [7, 11) is 1.66. The first kappa shape index (κ1) is 58.9. The molecule has 13 heteroatoms. The number of nitrogens with zero attached hydrogens (tertiary/aromatic N) is 1. The van der Waals surface area contributed by atoms with Gasteiger partial charge in [0.15, 0.2) is 0 Å². The first-order chi connectivity index (χ1) is 35.5. The van der Waals surface area contributed by atoms with Crippen molar-refractivity contribution in [2.45, 2.75) is 235 Å². The third kappa shape index (κ3) is 12.1. The lowest BCUT2D eigenvalue weighted by Crippen LogP contribution is -2.68. The number of piperidine rings is 1. The molecule has 74 heavy (non-hydrogen) atoms. The minimum Gasteiger partial charge on any atom is -0.456 e. The second kappa shape index (κ2) is 25.3. The number of Topliss-reactive ketones (excluding diaryl/α,β-unsaturated/α-hetero) is 2. The van der Waals surface area contributed by atoms with Gasteiger partial charge in [0.05, 0.1) is 39.7 Å². The minimum atomic E-state index is -2.86. The van der Waals surface area contributed by atoms with Crippen molar-refractivity contribution in [2.75, 3.05) is 28.4 Å². The van der Waals surface area contributed by atoms with Crippen LogP contribution in [0.5, 0.6) is 0 Å².